The molecule has 1 amide bonds. The minimum Gasteiger partial charge on any atom is -0.368 e. The zero-order valence-corrected chi connectivity index (χ0v) is 20.1. The zero-order valence-electron chi connectivity index (χ0n) is 18.5. The second-order valence-electron chi connectivity index (χ2n) is 7.90. The summed E-state index contributed by atoms with van der Waals surface area (Å²) in [6, 6.07) is 8.41. The van der Waals surface area contributed by atoms with E-state index in [1.165, 1.54) is 33.4 Å². The molecule has 4 rings (SSSR count). The number of anilines is 2. The summed E-state index contributed by atoms with van der Waals surface area (Å²) in [4.78, 5) is 31.6. The minimum atomic E-state index is -0.369. The van der Waals surface area contributed by atoms with Crippen LogP contribution in [0.2, 0.25) is 0 Å². The van der Waals surface area contributed by atoms with Gasteiger partial charge in [0, 0.05) is 51.5 Å². The van der Waals surface area contributed by atoms with E-state index in [2.05, 4.69) is 9.80 Å². The number of carbonyl (C=O) groups is 1. The Hall–Kier alpha value is -3.16. The molecular weight excluding hydrogens is 461 g/mol. The number of hydrogen-bond acceptors (Lipinski definition) is 7. The Kier molecular flexibility index (Phi) is 6.28. The lowest BCUT2D eigenvalue weighted by Crippen LogP contribution is -2.48. The molecule has 2 saturated heterocycles. The Bertz CT molecular complexity index is 1270. The number of benzene rings is 1. The maximum Gasteiger partial charge on any atom is 0.270 e. The van der Waals surface area contributed by atoms with E-state index in [0.717, 1.165) is 5.69 Å². The predicted octanol–water partition coefficient (Wildman–Crippen LogP) is 2.86. The van der Waals surface area contributed by atoms with Crippen LogP contribution in [0.5, 0.6) is 0 Å². The molecule has 2 aromatic rings. The van der Waals surface area contributed by atoms with Gasteiger partial charge in [0.1, 0.15) is 27.6 Å². The number of pyridine rings is 1. The summed E-state index contributed by atoms with van der Waals surface area (Å²) in [6.45, 7) is 4.32. The van der Waals surface area contributed by atoms with Gasteiger partial charge in [-0.1, -0.05) is 24.0 Å². The number of amides is 1. The molecule has 0 bridgehead atoms. The topological polar surface area (TPSA) is 72.6 Å². The van der Waals surface area contributed by atoms with Crippen molar-refractivity contribution in [1.29, 1.82) is 5.26 Å². The first-order valence-corrected chi connectivity index (χ1v) is 11.6. The van der Waals surface area contributed by atoms with Gasteiger partial charge >= 0.3 is 0 Å². The van der Waals surface area contributed by atoms with E-state index in [1.807, 2.05) is 6.07 Å². The lowest BCUT2D eigenvalue weighted by atomic mass is 10.0. The fourth-order valence-electron chi connectivity index (χ4n) is 4.10. The minimum absolute atomic E-state index is 0.0597. The number of nitrogens with zero attached hydrogens (tertiary/aromatic N) is 5. The van der Waals surface area contributed by atoms with Gasteiger partial charge in [0.15, 0.2) is 0 Å². The van der Waals surface area contributed by atoms with Crippen molar-refractivity contribution < 1.29 is 9.18 Å². The van der Waals surface area contributed by atoms with Crippen LogP contribution in [0, 0.1) is 24.1 Å². The van der Waals surface area contributed by atoms with Crippen molar-refractivity contribution in [2.45, 2.75) is 6.92 Å². The molecule has 1 aromatic carbocycles. The Morgan fingerprint density at radius 2 is 1.70 bits per heavy atom. The summed E-state index contributed by atoms with van der Waals surface area (Å²) in [5.74, 6) is 0.183. The number of nitriles is 1. The summed E-state index contributed by atoms with van der Waals surface area (Å²) in [7, 11) is 3.27. The van der Waals surface area contributed by atoms with Gasteiger partial charge in [-0.25, -0.2) is 4.39 Å². The van der Waals surface area contributed by atoms with E-state index in [1.54, 1.807) is 39.2 Å². The molecule has 0 radical (unpaired) electrons. The average molecular weight is 484 g/mol. The zero-order chi connectivity index (χ0) is 23.9. The lowest BCUT2D eigenvalue weighted by molar-refractivity contribution is -0.121. The first-order valence-electron chi connectivity index (χ1n) is 10.3. The first-order chi connectivity index (χ1) is 15.7. The number of rotatable bonds is 3. The molecular formula is C23H22FN5O2S2. The number of likely N-dealkylation sites (N-methyl/N-ethyl adjacent to an activating group) is 1. The smallest absolute Gasteiger partial charge is 0.270 e. The summed E-state index contributed by atoms with van der Waals surface area (Å²) >= 11 is 6.45. The summed E-state index contributed by atoms with van der Waals surface area (Å²) in [5.41, 5.74) is 1.83. The summed E-state index contributed by atoms with van der Waals surface area (Å²) in [5, 5.41) is 9.59. The Labute approximate surface area is 200 Å². The van der Waals surface area contributed by atoms with Crippen molar-refractivity contribution in [3.05, 3.63) is 62.0 Å². The molecule has 7 nitrogen and oxygen atoms in total. The van der Waals surface area contributed by atoms with Gasteiger partial charge in [0.25, 0.3) is 11.5 Å². The molecule has 2 aliphatic heterocycles. The monoisotopic (exact) mass is 483 g/mol. The average Bonchev–Trinajstić information content (AvgIpc) is 3.05. The van der Waals surface area contributed by atoms with Crippen LogP contribution in [0.25, 0.3) is 6.08 Å². The second-order valence-corrected chi connectivity index (χ2v) is 9.58. The number of aromatic nitrogens is 1. The standard InChI is InChI=1S/C23H22FN5O2S2/c1-14-17(12-19-22(31)27(3)23(32)33-19)20(26(2)21(30)18(14)13-25)29-10-8-28(9-11-29)16-6-4-15(24)5-7-16/h4-7,12H,8-11H2,1-3H3/b19-12+. The normalized spacial score (nSPS) is 17.8. The summed E-state index contributed by atoms with van der Waals surface area (Å²) < 4.78 is 15.2. The third-order valence-corrected chi connectivity index (χ3v) is 7.49. The number of piperazine rings is 1. The molecule has 0 unspecified atom stereocenters. The van der Waals surface area contributed by atoms with Crippen LogP contribution in [0.15, 0.2) is 34.0 Å². The fourth-order valence-corrected chi connectivity index (χ4v) is 5.26. The molecule has 0 aliphatic carbocycles. The van der Waals surface area contributed by atoms with Crippen LogP contribution < -0.4 is 15.4 Å². The van der Waals surface area contributed by atoms with Gasteiger partial charge in [-0.05, 0) is 42.8 Å². The van der Waals surface area contributed by atoms with E-state index < -0.39 is 0 Å². The van der Waals surface area contributed by atoms with Crippen LogP contribution in [-0.2, 0) is 11.8 Å². The van der Waals surface area contributed by atoms with Gasteiger partial charge in [0.2, 0.25) is 0 Å². The maximum atomic E-state index is 13.3. The third kappa shape index (κ3) is 4.14. The Morgan fingerprint density at radius 1 is 1.09 bits per heavy atom. The first kappa shape index (κ1) is 23.0. The van der Waals surface area contributed by atoms with E-state index in [4.69, 9.17) is 12.2 Å². The van der Waals surface area contributed by atoms with Crippen molar-refractivity contribution in [2.24, 2.45) is 7.05 Å². The molecule has 3 heterocycles. The highest BCUT2D eigenvalue weighted by molar-refractivity contribution is 8.26. The van der Waals surface area contributed by atoms with Crippen molar-refractivity contribution in [3.8, 4) is 6.07 Å². The number of hydrogen-bond donors (Lipinski definition) is 0. The van der Waals surface area contributed by atoms with Crippen molar-refractivity contribution in [2.75, 3.05) is 43.0 Å². The van der Waals surface area contributed by atoms with Crippen molar-refractivity contribution >= 4 is 51.8 Å². The fraction of sp³-hybridized carbons (Fsp3) is 0.304. The molecule has 10 heteroatoms. The van der Waals surface area contributed by atoms with E-state index in [9.17, 15) is 19.2 Å². The van der Waals surface area contributed by atoms with Gasteiger partial charge in [0.05, 0.1) is 4.91 Å². The molecule has 2 fully saturated rings. The highest BCUT2D eigenvalue weighted by Gasteiger charge is 2.31. The van der Waals surface area contributed by atoms with Crippen LogP contribution in [-0.4, -0.2) is 52.9 Å². The molecule has 0 atom stereocenters. The molecule has 2 aliphatic rings. The third-order valence-electron chi connectivity index (χ3n) is 6.00. The number of halogens is 1. The van der Waals surface area contributed by atoms with E-state index in [-0.39, 0.29) is 22.8 Å². The second kappa shape index (κ2) is 9.00. The van der Waals surface area contributed by atoms with Gasteiger partial charge in [-0.15, -0.1) is 0 Å². The molecule has 0 spiro atoms. The molecule has 1 aromatic heterocycles. The highest BCUT2D eigenvalue weighted by Crippen LogP contribution is 2.35. The van der Waals surface area contributed by atoms with Crippen molar-refractivity contribution in [1.82, 2.24) is 9.47 Å². The van der Waals surface area contributed by atoms with E-state index >= 15 is 0 Å². The summed E-state index contributed by atoms with van der Waals surface area (Å²) in [6.07, 6.45) is 1.74. The Balaban J connectivity index is 1.73. The van der Waals surface area contributed by atoms with Gasteiger partial charge < -0.3 is 9.80 Å². The Morgan fingerprint density at radius 3 is 2.24 bits per heavy atom. The van der Waals surface area contributed by atoms with Crippen LogP contribution in [0.1, 0.15) is 16.7 Å². The molecule has 170 valence electrons. The number of carbonyl (C=O) groups excluding carboxylic acids is 1. The SMILES string of the molecule is Cc1c(/C=C2/SC(=S)N(C)C2=O)c(N2CCN(c3ccc(F)cc3)CC2)n(C)c(=O)c1C#N. The van der Waals surface area contributed by atoms with Crippen LogP contribution in [0.4, 0.5) is 15.9 Å². The molecule has 0 N–H and O–H groups in total. The maximum absolute atomic E-state index is 13.3. The highest BCUT2D eigenvalue weighted by atomic mass is 32.2. The van der Waals surface area contributed by atoms with Gasteiger partial charge in [-0.3, -0.25) is 19.1 Å². The number of thiocarbonyl (C=S) groups is 1. The molecule has 0 saturated carbocycles. The number of thioether (sulfide) groups is 1. The van der Waals surface area contributed by atoms with E-state index in [0.29, 0.717) is 52.3 Å². The van der Waals surface area contributed by atoms with Crippen molar-refractivity contribution in [3.63, 3.8) is 0 Å². The lowest BCUT2D eigenvalue weighted by Gasteiger charge is -2.38. The van der Waals surface area contributed by atoms with Crippen LogP contribution >= 0.6 is 24.0 Å². The van der Waals surface area contributed by atoms with Gasteiger partial charge in [-0.2, -0.15) is 5.26 Å². The quantitative estimate of drug-likeness (QED) is 0.491. The predicted molar refractivity (Wildman–Crippen MR) is 133 cm³/mol. The van der Waals surface area contributed by atoms with Crippen LogP contribution in [0.3, 0.4) is 0 Å². The molecule has 33 heavy (non-hydrogen) atoms. The largest absolute Gasteiger partial charge is 0.368 e.